The Kier molecular flexibility index (Phi) is 5.89. The number of amides is 1. The molecular weight excluding hydrogens is 347 g/mol. The maximum atomic E-state index is 12.0. The van der Waals surface area contributed by atoms with Crippen LogP contribution in [-0.2, 0) is 11.3 Å². The Morgan fingerprint density at radius 3 is 2.68 bits per heavy atom. The van der Waals surface area contributed by atoms with Gasteiger partial charge in [-0.05, 0) is 36.8 Å². The molecular formula is C15H13Cl3N2O2. The van der Waals surface area contributed by atoms with Gasteiger partial charge in [0.25, 0.3) is 5.91 Å². The van der Waals surface area contributed by atoms with Crippen molar-refractivity contribution in [3.05, 3.63) is 57.3 Å². The third-order valence-corrected chi connectivity index (χ3v) is 3.58. The molecule has 4 nitrogen and oxygen atoms in total. The number of benzene rings is 1. The zero-order chi connectivity index (χ0) is 16.1. The van der Waals surface area contributed by atoms with E-state index in [1.807, 2.05) is 0 Å². The van der Waals surface area contributed by atoms with Crippen LogP contribution in [0.1, 0.15) is 12.5 Å². The van der Waals surface area contributed by atoms with Crippen LogP contribution in [0.5, 0.6) is 5.75 Å². The molecule has 0 radical (unpaired) electrons. The number of pyridine rings is 1. The van der Waals surface area contributed by atoms with Gasteiger partial charge in [0.2, 0.25) is 0 Å². The molecule has 0 aliphatic heterocycles. The van der Waals surface area contributed by atoms with Crippen molar-refractivity contribution in [2.45, 2.75) is 19.6 Å². The largest absolute Gasteiger partial charge is 0.479 e. The minimum atomic E-state index is -0.695. The van der Waals surface area contributed by atoms with Crippen LogP contribution in [0.15, 0.2) is 36.5 Å². The van der Waals surface area contributed by atoms with Gasteiger partial charge in [0.15, 0.2) is 6.10 Å². The van der Waals surface area contributed by atoms with E-state index in [1.165, 1.54) is 0 Å². The zero-order valence-electron chi connectivity index (χ0n) is 11.6. The van der Waals surface area contributed by atoms with Gasteiger partial charge in [0.1, 0.15) is 10.9 Å². The van der Waals surface area contributed by atoms with Crippen molar-refractivity contribution in [2.24, 2.45) is 0 Å². The van der Waals surface area contributed by atoms with Crippen LogP contribution >= 0.6 is 34.8 Å². The summed E-state index contributed by atoms with van der Waals surface area (Å²) in [6.45, 7) is 1.98. The van der Waals surface area contributed by atoms with E-state index in [4.69, 9.17) is 39.5 Å². The first-order valence-electron chi connectivity index (χ1n) is 6.45. The molecule has 1 unspecified atom stereocenters. The van der Waals surface area contributed by atoms with Crippen LogP contribution in [-0.4, -0.2) is 17.0 Å². The van der Waals surface area contributed by atoms with Gasteiger partial charge < -0.3 is 10.1 Å². The smallest absolute Gasteiger partial charge is 0.261 e. The number of carbonyl (C=O) groups is 1. The van der Waals surface area contributed by atoms with Crippen LogP contribution in [0.3, 0.4) is 0 Å². The highest BCUT2D eigenvalue weighted by atomic mass is 35.5. The molecule has 0 saturated heterocycles. The third-order valence-electron chi connectivity index (χ3n) is 2.82. The molecule has 0 aliphatic rings. The Balaban J connectivity index is 1.90. The molecule has 2 rings (SSSR count). The highest BCUT2D eigenvalue weighted by Crippen LogP contribution is 2.28. The predicted molar refractivity (Wildman–Crippen MR) is 87.6 cm³/mol. The molecule has 1 aromatic carbocycles. The monoisotopic (exact) mass is 358 g/mol. The summed E-state index contributed by atoms with van der Waals surface area (Å²) in [7, 11) is 0. The summed E-state index contributed by atoms with van der Waals surface area (Å²) >= 11 is 17.5. The molecule has 0 bridgehead atoms. The lowest BCUT2D eigenvalue weighted by Gasteiger charge is -2.15. The first kappa shape index (κ1) is 16.9. The van der Waals surface area contributed by atoms with Crippen LogP contribution < -0.4 is 10.1 Å². The Morgan fingerprint density at radius 1 is 1.27 bits per heavy atom. The van der Waals surface area contributed by atoms with E-state index in [-0.39, 0.29) is 5.91 Å². The zero-order valence-corrected chi connectivity index (χ0v) is 13.9. The molecule has 1 atom stereocenters. The third kappa shape index (κ3) is 4.77. The Morgan fingerprint density at radius 2 is 2.05 bits per heavy atom. The molecule has 7 heteroatoms. The number of nitrogens with one attached hydrogen (secondary N) is 1. The second-order valence-corrected chi connectivity index (χ2v) is 5.77. The molecule has 2 aromatic rings. The van der Waals surface area contributed by atoms with Crippen molar-refractivity contribution in [1.29, 1.82) is 0 Å². The number of aromatic nitrogens is 1. The summed E-state index contributed by atoms with van der Waals surface area (Å²) in [5.41, 5.74) is 0.842. The van der Waals surface area contributed by atoms with Gasteiger partial charge in [-0.15, -0.1) is 0 Å². The molecule has 0 fully saturated rings. The van der Waals surface area contributed by atoms with Crippen molar-refractivity contribution >= 4 is 40.7 Å². The number of ether oxygens (including phenoxy) is 1. The van der Waals surface area contributed by atoms with Gasteiger partial charge in [-0.3, -0.25) is 4.79 Å². The number of halogens is 3. The SMILES string of the molecule is CC(Oc1ccc(Cl)cc1Cl)C(=O)NCc1ccc(Cl)nc1. The van der Waals surface area contributed by atoms with E-state index < -0.39 is 6.10 Å². The maximum absolute atomic E-state index is 12.0. The number of rotatable bonds is 5. The molecule has 1 amide bonds. The van der Waals surface area contributed by atoms with Crippen LogP contribution in [0.25, 0.3) is 0 Å². The highest BCUT2D eigenvalue weighted by Gasteiger charge is 2.16. The lowest BCUT2D eigenvalue weighted by Crippen LogP contribution is -2.35. The fraction of sp³-hybridized carbons (Fsp3) is 0.200. The molecule has 1 heterocycles. The van der Waals surface area contributed by atoms with E-state index in [1.54, 1.807) is 43.5 Å². The first-order valence-corrected chi connectivity index (χ1v) is 7.59. The second kappa shape index (κ2) is 7.68. The first-order chi connectivity index (χ1) is 10.5. The molecule has 0 spiro atoms. The summed E-state index contributed by atoms with van der Waals surface area (Å²) in [5.74, 6) is 0.142. The fourth-order valence-corrected chi connectivity index (χ4v) is 2.22. The van der Waals surface area contributed by atoms with E-state index in [0.29, 0.717) is 27.5 Å². The van der Waals surface area contributed by atoms with Gasteiger partial charge in [0, 0.05) is 17.8 Å². The van der Waals surface area contributed by atoms with E-state index in [0.717, 1.165) is 5.56 Å². The predicted octanol–water partition coefficient (Wildman–Crippen LogP) is 4.13. The Labute approximate surface area is 143 Å². The van der Waals surface area contributed by atoms with Crippen molar-refractivity contribution < 1.29 is 9.53 Å². The van der Waals surface area contributed by atoms with Gasteiger partial charge in [-0.2, -0.15) is 0 Å². The van der Waals surface area contributed by atoms with Gasteiger partial charge in [-0.25, -0.2) is 4.98 Å². The van der Waals surface area contributed by atoms with Crippen molar-refractivity contribution in [2.75, 3.05) is 0 Å². The molecule has 1 aromatic heterocycles. The number of hydrogen-bond donors (Lipinski definition) is 1. The molecule has 0 saturated carbocycles. The van der Waals surface area contributed by atoms with Gasteiger partial charge in [-0.1, -0.05) is 40.9 Å². The van der Waals surface area contributed by atoms with Crippen molar-refractivity contribution in [3.63, 3.8) is 0 Å². The van der Waals surface area contributed by atoms with Crippen LogP contribution in [0.4, 0.5) is 0 Å². The van der Waals surface area contributed by atoms with E-state index in [9.17, 15) is 4.79 Å². The quantitative estimate of drug-likeness (QED) is 0.817. The highest BCUT2D eigenvalue weighted by molar-refractivity contribution is 6.35. The molecule has 116 valence electrons. The van der Waals surface area contributed by atoms with Crippen molar-refractivity contribution in [3.8, 4) is 5.75 Å². The van der Waals surface area contributed by atoms with E-state index >= 15 is 0 Å². The fourth-order valence-electron chi connectivity index (χ4n) is 1.66. The summed E-state index contributed by atoms with van der Waals surface area (Å²) < 4.78 is 5.53. The minimum Gasteiger partial charge on any atom is -0.479 e. The Bertz CT molecular complexity index is 662. The minimum absolute atomic E-state index is 0.263. The summed E-state index contributed by atoms with van der Waals surface area (Å²) in [5, 5.41) is 4.02. The number of hydrogen-bond acceptors (Lipinski definition) is 3. The van der Waals surface area contributed by atoms with Crippen LogP contribution in [0, 0.1) is 0 Å². The molecule has 0 aliphatic carbocycles. The second-order valence-electron chi connectivity index (χ2n) is 4.54. The lowest BCUT2D eigenvalue weighted by molar-refractivity contribution is -0.127. The average molecular weight is 360 g/mol. The summed E-state index contributed by atoms with van der Waals surface area (Å²) in [6, 6.07) is 8.28. The van der Waals surface area contributed by atoms with Gasteiger partial charge in [0.05, 0.1) is 5.02 Å². The lowest BCUT2D eigenvalue weighted by atomic mass is 10.2. The standard InChI is InChI=1S/C15H13Cl3N2O2/c1-9(22-13-4-3-11(16)6-12(13)17)15(21)20-8-10-2-5-14(18)19-7-10/h2-7,9H,8H2,1H3,(H,20,21). The normalized spacial score (nSPS) is 11.8. The van der Waals surface area contributed by atoms with Crippen molar-refractivity contribution in [1.82, 2.24) is 10.3 Å². The maximum Gasteiger partial charge on any atom is 0.261 e. The number of nitrogens with zero attached hydrogens (tertiary/aromatic N) is 1. The summed E-state index contributed by atoms with van der Waals surface area (Å²) in [4.78, 5) is 16.0. The molecule has 1 N–H and O–H groups in total. The number of carbonyl (C=O) groups excluding carboxylic acids is 1. The summed E-state index contributed by atoms with van der Waals surface area (Å²) in [6.07, 6.45) is 0.906. The van der Waals surface area contributed by atoms with E-state index in [2.05, 4.69) is 10.3 Å². The Hall–Kier alpha value is -1.49. The van der Waals surface area contributed by atoms with Gasteiger partial charge >= 0.3 is 0 Å². The topological polar surface area (TPSA) is 51.2 Å². The average Bonchev–Trinajstić information content (AvgIpc) is 2.49. The van der Waals surface area contributed by atoms with Crippen LogP contribution in [0.2, 0.25) is 15.2 Å². The molecule has 22 heavy (non-hydrogen) atoms.